The number of hydrazine groups is 1. The SMILES string of the molecule is C#C.C=C(CN([CH2][Pb])Cc1ccccc1)N1CC[C@H](N(N)/C=C(\N)CCc2ccc(C(P)NCc3ccccc3)cc2)C1.C=CCN1CN(CC=C)CN(CC(=O)NCCCCCCNC)CN(CC(=C)C)C1.CSC.CSC. The molecule has 0 aliphatic carbocycles. The van der Waals surface area contributed by atoms with Crippen molar-refractivity contribution in [3.63, 3.8) is 0 Å². The van der Waals surface area contributed by atoms with E-state index in [0.717, 1.165) is 165 Å². The number of likely N-dealkylation sites (tertiary alicyclic amines) is 1. The molecule has 1 amide bonds. The quantitative estimate of drug-likeness (QED) is 0.00832. The Morgan fingerprint density at radius 1 is 0.810 bits per heavy atom. The van der Waals surface area contributed by atoms with Crippen molar-refractivity contribution in [2.45, 2.75) is 76.8 Å². The van der Waals surface area contributed by atoms with E-state index in [0.29, 0.717) is 6.54 Å². The Bertz CT molecular complexity index is 2120. The van der Waals surface area contributed by atoms with Crippen molar-refractivity contribution in [2.75, 3.05) is 122 Å². The fourth-order valence-electron chi connectivity index (χ4n) is 8.88. The molecule has 0 spiro atoms. The average Bonchev–Trinajstić information content (AvgIpc) is 3.95. The van der Waals surface area contributed by atoms with Gasteiger partial charge in [-0.25, -0.2) is 0 Å². The van der Waals surface area contributed by atoms with Crippen LogP contribution in [-0.2, 0) is 24.3 Å². The number of nitrogens with one attached hydrogen (secondary N) is 3. The minimum atomic E-state index is 0.0996. The summed E-state index contributed by atoms with van der Waals surface area (Å²) in [4.78, 5) is 26.6. The van der Waals surface area contributed by atoms with Gasteiger partial charge in [0.15, 0.2) is 0 Å². The Balaban J connectivity index is 0.000000725. The summed E-state index contributed by atoms with van der Waals surface area (Å²) in [6, 6.07) is 30.2. The average molecular weight is 1330 g/mol. The largest absolute Gasteiger partial charge is 0.355 e. The molecule has 2 saturated heterocycles. The number of nitrogens with zero attached hydrogens (tertiary/aromatic N) is 7. The zero-order valence-corrected chi connectivity index (χ0v) is 56.0. The number of rotatable bonds is 30. The summed E-state index contributed by atoms with van der Waals surface area (Å²) >= 11 is 4.64. The molecule has 3 aromatic carbocycles. The molecule has 0 aromatic heterocycles. The molecular formula is C62H102N12OPPbS2. The second kappa shape index (κ2) is 47.1. The van der Waals surface area contributed by atoms with Gasteiger partial charge in [-0.2, -0.15) is 23.5 Å². The Kier molecular flexibility index (Phi) is 43.8. The zero-order chi connectivity index (χ0) is 58.6. The van der Waals surface area contributed by atoms with Crippen LogP contribution in [0.15, 0.2) is 147 Å². The summed E-state index contributed by atoms with van der Waals surface area (Å²) in [7, 11) is 4.88. The first-order valence-electron chi connectivity index (χ1n) is 27.5. The molecule has 2 unspecified atom stereocenters. The van der Waals surface area contributed by atoms with Crippen LogP contribution in [-0.4, -0.2) is 194 Å². The standard InChI is InChI=1S/C33H44N6P.C23H44N6O.2C2H6S.C2H2.Pb/c1-26(22-37(2)23-29-11-7-4-8-12-29)38-20-19-32(25-38)39(35)24-31(34)18-15-27-13-16-30(17-14-27)33(40)36-21-28-9-5-3-6-10-28;1-6-14-26-18-27(15-7-2)20-29(21-28(19-26)16-22(3)4)17-23(30)25-13-11-9-8-10-12-24-5;2*1-3-2;1-2;/h3-14,16-17,24,32-33,36H,1-2,15,18-23,25,34-35,40H2;6-7,24H,1-3,8-21H2,4-5H3,(H,25,30);2*1-2H3;1-2H;/b31-24-;;;;;/t32-,33?;;;;;/m0...../s1. The first-order chi connectivity index (χ1) is 38.2. The molecule has 79 heavy (non-hydrogen) atoms. The summed E-state index contributed by atoms with van der Waals surface area (Å²) in [5.74, 6) is 6.78. The number of allylic oxidation sites excluding steroid dienone is 1. The van der Waals surface area contributed by atoms with Crippen molar-refractivity contribution in [1.29, 1.82) is 0 Å². The number of thioether (sulfide) groups is 2. The Morgan fingerprint density at radius 3 is 1.89 bits per heavy atom. The summed E-state index contributed by atoms with van der Waals surface area (Å²) in [5.41, 5.74) is 14.7. The van der Waals surface area contributed by atoms with Crippen LogP contribution in [0, 0.1) is 12.8 Å². The number of amides is 1. The van der Waals surface area contributed by atoms with E-state index in [-0.39, 0.29) is 17.7 Å². The fraction of sp³-hybridized carbons (Fsp3) is 0.500. The van der Waals surface area contributed by atoms with Gasteiger partial charge in [-0.05, 0) is 75.1 Å². The van der Waals surface area contributed by atoms with Gasteiger partial charge >= 0.3 is 168 Å². The number of benzene rings is 3. The van der Waals surface area contributed by atoms with Crippen molar-refractivity contribution in [3.8, 4) is 12.8 Å². The summed E-state index contributed by atoms with van der Waals surface area (Å²) in [6.07, 6.45) is 29.2. The number of hydrogen-bond acceptors (Lipinski definition) is 14. The van der Waals surface area contributed by atoms with Crippen molar-refractivity contribution < 1.29 is 4.79 Å². The molecule has 5 rings (SSSR count). The minimum absolute atomic E-state index is 0.0996. The predicted molar refractivity (Wildman–Crippen MR) is 351 cm³/mol. The maximum absolute atomic E-state index is 12.5. The van der Waals surface area contributed by atoms with E-state index in [1.165, 1.54) is 40.8 Å². The molecule has 17 heteroatoms. The predicted octanol–water partition coefficient (Wildman–Crippen LogP) is 8.56. The molecule has 2 aliphatic heterocycles. The fourth-order valence-corrected chi connectivity index (χ4v) is 10.1. The number of hydrogen-bond donors (Lipinski definition) is 5. The molecule has 13 nitrogen and oxygen atoms in total. The molecule has 2 fully saturated rings. The summed E-state index contributed by atoms with van der Waals surface area (Å²) in [5, 5.41) is 11.6. The molecule has 3 atom stereocenters. The van der Waals surface area contributed by atoms with Crippen molar-refractivity contribution in [3.05, 3.63) is 169 Å². The number of terminal acetylenes is 1. The third-order valence-corrected chi connectivity index (χ3v) is 14.9. The van der Waals surface area contributed by atoms with Gasteiger partial charge < -0.3 is 16.0 Å². The number of carbonyl (C=O) groups is 1. The third-order valence-electron chi connectivity index (χ3n) is 12.5. The van der Waals surface area contributed by atoms with Crippen LogP contribution in [0.2, 0.25) is 0 Å². The van der Waals surface area contributed by atoms with E-state index in [4.69, 9.17) is 11.6 Å². The maximum Gasteiger partial charge on any atom is 0.234 e. The van der Waals surface area contributed by atoms with Gasteiger partial charge in [-0.15, -0.1) is 35.2 Å². The molecule has 3 radical (unpaired) electrons. The van der Waals surface area contributed by atoms with Crippen molar-refractivity contribution >= 4 is 64.4 Å². The third kappa shape index (κ3) is 34.5. The molecule has 3 aromatic rings. The van der Waals surface area contributed by atoms with Gasteiger partial charge in [0.25, 0.3) is 0 Å². The molecule has 2 aliphatic rings. The molecular weight excluding hydrogens is 1230 g/mol. The Hall–Kier alpha value is -3.48. The first kappa shape index (κ1) is 73.5. The molecule has 7 N–H and O–H groups in total. The van der Waals surface area contributed by atoms with Gasteiger partial charge in [-0.1, -0.05) is 91.7 Å². The topological polar surface area (TPSA) is 128 Å². The first-order valence-corrected chi connectivity index (χ1v) is 34.2. The van der Waals surface area contributed by atoms with Gasteiger partial charge in [0.2, 0.25) is 5.91 Å². The maximum atomic E-state index is 12.5. The summed E-state index contributed by atoms with van der Waals surface area (Å²) < 4.78 is 1.12. The monoisotopic (exact) mass is 1330 g/mol. The van der Waals surface area contributed by atoms with E-state index in [9.17, 15) is 4.79 Å². The van der Waals surface area contributed by atoms with Crippen LogP contribution in [0.4, 0.5) is 0 Å². The van der Waals surface area contributed by atoms with Crippen molar-refractivity contribution in [2.24, 2.45) is 11.6 Å². The van der Waals surface area contributed by atoms with Gasteiger partial charge in [-0.3, -0.25) is 24.4 Å². The number of aryl methyl sites for hydroxylation is 1. The second-order valence-corrected chi connectivity index (χ2v) is 23.5. The smallest absolute Gasteiger partial charge is 0.234 e. The van der Waals surface area contributed by atoms with Crippen LogP contribution in [0.25, 0.3) is 0 Å². The number of nitrogens with two attached hydrogens (primary N) is 2. The number of carbonyl (C=O) groups excluding carboxylic acids is 1. The normalized spacial score (nSPS) is 15.5. The van der Waals surface area contributed by atoms with Crippen LogP contribution in [0.5, 0.6) is 0 Å². The van der Waals surface area contributed by atoms with E-state index in [1.807, 2.05) is 68.4 Å². The zero-order valence-electron chi connectivity index (χ0n) is 49.3. The van der Waals surface area contributed by atoms with E-state index < -0.39 is 0 Å². The van der Waals surface area contributed by atoms with Crippen LogP contribution < -0.4 is 27.5 Å². The summed E-state index contributed by atoms with van der Waals surface area (Å²) in [6.45, 7) is 30.6. The van der Waals surface area contributed by atoms with Crippen molar-refractivity contribution in [1.82, 2.24) is 50.4 Å². The Labute approximate surface area is 507 Å². The Morgan fingerprint density at radius 2 is 1.34 bits per heavy atom. The van der Waals surface area contributed by atoms with Crippen LogP contribution >= 0.6 is 32.8 Å². The molecule has 437 valence electrons. The number of unbranched alkanes of at least 4 members (excludes halogenated alkanes) is 3. The van der Waals surface area contributed by atoms with E-state index in [2.05, 4.69) is 173 Å². The van der Waals surface area contributed by atoms with E-state index >= 15 is 0 Å². The second-order valence-electron chi connectivity index (χ2n) is 20.0. The van der Waals surface area contributed by atoms with Gasteiger partial charge in [0, 0.05) is 38.5 Å². The van der Waals surface area contributed by atoms with E-state index in [1.54, 1.807) is 23.5 Å². The van der Waals surface area contributed by atoms with Gasteiger partial charge in [0.1, 0.15) is 0 Å². The molecule has 2 heterocycles. The molecule has 0 saturated carbocycles. The van der Waals surface area contributed by atoms with Crippen LogP contribution in [0.3, 0.4) is 0 Å². The van der Waals surface area contributed by atoms with Gasteiger partial charge in [0.05, 0.1) is 33.2 Å². The minimum Gasteiger partial charge on any atom is -0.355 e. The van der Waals surface area contributed by atoms with Crippen LogP contribution in [0.1, 0.15) is 73.5 Å². The molecule has 0 bridgehead atoms.